The fourth-order valence-corrected chi connectivity index (χ4v) is 3.28. The van der Waals surface area contributed by atoms with Gasteiger partial charge < -0.3 is 10.1 Å². The van der Waals surface area contributed by atoms with Gasteiger partial charge in [0.15, 0.2) is 0 Å². The lowest BCUT2D eigenvalue weighted by Gasteiger charge is -2.13. The number of aryl methyl sites for hydroxylation is 1. The van der Waals surface area contributed by atoms with Crippen LogP contribution in [-0.4, -0.2) is 10.1 Å². The van der Waals surface area contributed by atoms with Crippen molar-refractivity contribution in [2.24, 2.45) is 0 Å². The third kappa shape index (κ3) is 2.94. The summed E-state index contributed by atoms with van der Waals surface area (Å²) in [7, 11) is 0. The predicted molar refractivity (Wildman–Crippen MR) is 105 cm³/mol. The number of benzene rings is 2. The van der Waals surface area contributed by atoms with E-state index in [9.17, 15) is 5.11 Å². The maximum absolute atomic E-state index is 9.89. The zero-order valence-corrected chi connectivity index (χ0v) is 14.1. The van der Waals surface area contributed by atoms with Crippen LogP contribution in [0.1, 0.15) is 16.8 Å². The predicted octanol–water partition coefficient (Wildman–Crippen LogP) is 5.77. The van der Waals surface area contributed by atoms with Crippen molar-refractivity contribution >= 4 is 22.0 Å². The molecule has 0 spiro atoms. The molecule has 122 valence electrons. The molecule has 2 aromatic carbocycles. The molecule has 0 saturated carbocycles. The SMILES string of the molecule is C=C1C=CC=C(c2ccc3[nH]c(C)cc3c2)C(c2cccc(O)c2)=C1. The van der Waals surface area contributed by atoms with Gasteiger partial charge in [-0.3, -0.25) is 0 Å². The van der Waals surface area contributed by atoms with Crippen LogP contribution in [0.5, 0.6) is 5.75 Å². The average molecular weight is 325 g/mol. The Balaban J connectivity index is 1.89. The minimum Gasteiger partial charge on any atom is -0.508 e. The maximum atomic E-state index is 9.89. The highest BCUT2D eigenvalue weighted by Gasteiger charge is 2.13. The lowest BCUT2D eigenvalue weighted by atomic mass is 9.91. The molecule has 0 unspecified atom stereocenters. The number of hydrogen-bond acceptors (Lipinski definition) is 1. The van der Waals surface area contributed by atoms with Gasteiger partial charge >= 0.3 is 0 Å². The van der Waals surface area contributed by atoms with E-state index in [0.29, 0.717) is 0 Å². The van der Waals surface area contributed by atoms with Gasteiger partial charge in [0, 0.05) is 16.6 Å². The Hall–Kier alpha value is -3.26. The van der Waals surface area contributed by atoms with Crippen molar-refractivity contribution in [1.82, 2.24) is 4.98 Å². The first kappa shape index (κ1) is 15.3. The lowest BCUT2D eigenvalue weighted by Crippen LogP contribution is -1.91. The number of nitrogens with one attached hydrogen (secondary N) is 1. The number of hydrogen-bond donors (Lipinski definition) is 2. The van der Waals surface area contributed by atoms with E-state index in [1.807, 2.05) is 24.3 Å². The van der Waals surface area contributed by atoms with Crippen molar-refractivity contribution in [1.29, 1.82) is 0 Å². The third-order valence-electron chi connectivity index (χ3n) is 4.42. The maximum Gasteiger partial charge on any atom is 0.116 e. The fraction of sp³-hybridized carbons (Fsp3) is 0.0435. The summed E-state index contributed by atoms with van der Waals surface area (Å²) in [5.74, 6) is 0.261. The number of rotatable bonds is 2. The van der Waals surface area contributed by atoms with Crippen LogP contribution < -0.4 is 0 Å². The van der Waals surface area contributed by atoms with Crippen LogP contribution in [0.25, 0.3) is 22.0 Å². The van der Waals surface area contributed by atoms with Crippen LogP contribution >= 0.6 is 0 Å². The van der Waals surface area contributed by atoms with Crippen molar-refractivity contribution in [3.8, 4) is 5.75 Å². The summed E-state index contributed by atoms with van der Waals surface area (Å²) in [6.07, 6.45) is 8.19. The lowest BCUT2D eigenvalue weighted by molar-refractivity contribution is 0.475. The van der Waals surface area contributed by atoms with E-state index < -0.39 is 0 Å². The van der Waals surface area contributed by atoms with Gasteiger partial charge in [-0.15, -0.1) is 0 Å². The Morgan fingerprint density at radius 1 is 0.960 bits per heavy atom. The molecule has 1 aliphatic carbocycles. The molecule has 0 radical (unpaired) electrons. The minimum atomic E-state index is 0.261. The highest BCUT2D eigenvalue weighted by Crippen LogP contribution is 2.36. The van der Waals surface area contributed by atoms with Crippen LogP contribution in [0.15, 0.2) is 85.0 Å². The molecule has 0 atom stereocenters. The van der Waals surface area contributed by atoms with E-state index in [4.69, 9.17) is 0 Å². The molecular weight excluding hydrogens is 306 g/mol. The molecule has 0 saturated heterocycles. The summed E-state index contributed by atoms with van der Waals surface area (Å²) in [5, 5.41) is 11.1. The second kappa shape index (κ2) is 5.99. The number of aromatic nitrogens is 1. The van der Waals surface area contributed by atoms with Crippen LogP contribution in [0.2, 0.25) is 0 Å². The molecule has 1 heterocycles. The topological polar surface area (TPSA) is 36.0 Å². The first-order chi connectivity index (χ1) is 12.1. The summed E-state index contributed by atoms with van der Waals surface area (Å²) >= 11 is 0. The summed E-state index contributed by atoms with van der Waals surface area (Å²) < 4.78 is 0. The monoisotopic (exact) mass is 325 g/mol. The minimum absolute atomic E-state index is 0.261. The third-order valence-corrected chi connectivity index (χ3v) is 4.42. The van der Waals surface area contributed by atoms with Crippen molar-refractivity contribution < 1.29 is 5.11 Å². The number of H-pyrrole nitrogens is 1. The Morgan fingerprint density at radius 2 is 1.80 bits per heavy atom. The van der Waals surface area contributed by atoms with Gasteiger partial charge in [0.05, 0.1) is 0 Å². The van der Waals surface area contributed by atoms with E-state index in [1.54, 1.807) is 12.1 Å². The molecule has 0 fully saturated rings. The van der Waals surface area contributed by atoms with Crippen molar-refractivity contribution in [2.45, 2.75) is 6.92 Å². The Kier molecular flexibility index (Phi) is 3.66. The molecule has 0 amide bonds. The summed E-state index contributed by atoms with van der Waals surface area (Å²) in [5.41, 5.74) is 7.50. The zero-order valence-electron chi connectivity index (χ0n) is 14.1. The molecule has 2 heteroatoms. The number of phenolic OH excluding ortho intramolecular Hbond substituents is 1. The fourth-order valence-electron chi connectivity index (χ4n) is 3.28. The summed E-state index contributed by atoms with van der Waals surface area (Å²) in [6, 6.07) is 15.9. The molecule has 1 aliphatic rings. The molecule has 25 heavy (non-hydrogen) atoms. The number of fused-ring (bicyclic) bond motifs is 1. The van der Waals surface area contributed by atoms with Crippen molar-refractivity contribution in [2.75, 3.05) is 0 Å². The number of allylic oxidation sites excluding steroid dienone is 7. The van der Waals surface area contributed by atoms with Crippen LogP contribution in [-0.2, 0) is 0 Å². The van der Waals surface area contributed by atoms with Gasteiger partial charge in [-0.2, -0.15) is 0 Å². The summed E-state index contributed by atoms with van der Waals surface area (Å²) in [4.78, 5) is 3.36. The molecule has 0 aliphatic heterocycles. The average Bonchev–Trinajstić information content (AvgIpc) is 2.84. The van der Waals surface area contributed by atoms with Gasteiger partial charge in [-0.25, -0.2) is 0 Å². The first-order valence-electron chi connectivity index (χ1n) is 8.29. The molecule has 4 rings (SSSR count). The van der Waals surface area contributed by atoms with Crippen LogP contribution in [0.3, 0.4) is 0 Å². The van der Waals surface area contributed by atoms with Crippen molar-refractivity contribution in [3.05, 3.63) is 102 Å². The molecule has 3 aromatic rings. The molecule has 1 aromatic heterocycles. The number of phenols is 1. The van der Waals surface area contributed by atoms with E-state index in [-0.39, 0.29) is 5.75 Å². The van der Waals surface area contributed by atoms with Crippen LogP contribution in [0.4, 0.5) is 0 Å². The largest absolute Gasteiger partial charge is 0.508 e. The zero-order chi connectivity index (χ0) is 17.4. The molecular formula is C23H19NO. The normalized spacial score (nSPS) is 14.4. The van der Waals surface area contributed by atoms with Gasteiger partial charge in [0.1, 0.15) is 5.75 Å². The molecule has 2 nitrogen and oxygen atoms in total. The van der Waals surface area contributed by atoms with E-state index in [1.165, 1.54) is 5.39 Å². The highest BCUT2D eigenvalue weighted by atomic mass is 16.3. The van der Waals surface area contributed by atoms with Gasteiger partial charge in [0.25, 0.3) is 0 Å². The standard InChI is InChI=1S/C23H19NO/c1-15-5-3-8-21(22(11-15)17-6-4-7-20(25)14-17)18-9-10-23-19(13-18)12-16(2)24-23/h3-14,24-25H,1H2,2H3. The van der Waals surface area contributed by atoms with Gasteiger partial charge in [-0.05, 0) is 71.2 Å². The first-order valence-corrected chi connectivity index (χ1v) is 8.29. The summed E-state index contributed by atoms with van der Waals surface area (Å²) in [6.45, 7) is 6.15. The highest BCUT2D eigenvalue weighted by molar-refractivity contribution is 6.08. The van der Waals surface area contributed by atoms with Crippen LogP contribution in [0, 0.1) is 6.92 Å². The molecule has 0 bridgehead atoms. The van der Waals surface area contributed by atoms with Crippen molar-refractivity contribution in [3.63, 3.8) is 0 Å². The number of aromatic hydroxyl groups is 1. The number of aromatic amines is 1. The van der Waals surface area contributed by atoms with E-state index in [0.717, 1.165) is 39.1 Å². The smallest absolute Gasteiger partial charge is 0.116 e. The van der Waals surface area contributed by atoms with E-state index in [2.05, 4.69) is 54.9 Å². The van der Waals surface area contributed by atoms with Gasteiger partial charge in [0.2, 0.25) is 0 Å². The second-order valence-electron chi connectivity index (χ2n) is 6.38. The van der Waals surface area contributed by atoms with Gasteiger partial charge in [-0.1, -0.05) is 43.0 Å². The van der Waals surface area contributed by atoms with E-state index >= 15 is 0 Å². The Bertz CT molecular complexity index is 1080. The molecule has 2 N–H and O–H groups in total. The Labute approximate surface area is 147 Å². The second-order valence-corrected chi connectivity index (χ2v) is 6.38. The Morgan fingerprint density at radius 3 is 2.64 bits per heavy atom. The quantitative estimate of drug-likeness (QED) is 0.616.